The van der Waals surface area contributed by atoms with Crippen LogP contribution in [0.4, 0.5) is 4.39 Å². The van der Waals surface area contributed by atoms with E-state index in [0.717, 1.165) is 11.3 Å². The molecule has 0 bridgehead atoms. The molecule has 0 aliphatic rings. The third kappa shape index (κ3) is 3.11. The van der Waals surface area contributed by atoms with E-state index in [-0.39, 0.29) is 17.9 Å². The van der Waals surface area contributed by atoms with Gasteiger partial charge in [0, 0.05) is 30.7 Å². The zero-order valence-corrected chi connectivity index (χ0v) is 10.5. The molecule has 3 nitrogen and oxygen atoms in total. The average molecular weight is 245 g/mol. The van der Waals surface area contributed by atoms with Gasteiger partial charge in [0.1, 0.15) is 5.82 Å². The predicted octanol–water partition coefficient (Wildman–Crippen LogP) is 3.03. The third-order valence-corrected chi connectivity index (χ3v) is 2.90. The molecule has 0 spiro atoms. The second kappa shape index (κ2) is 5.69. The van der Waals surface area contributed by atoms with Crippen LogP contribution in [0.5, 0.6) is 0 Å². The van der Waals surface area contributed by atoms with Gasteiger partial charge in [0.05, 0.1) is 5.69 Å². The fourth-order valence-electron chi connectivity index (χ4n) is 1.84. The summed E-state index contributed by atoms with van der Waals surface area (Å²) in [5.74, 6) is -0.215. The lowest BCUT2D eigenvalue weighted by Crippen LogP contribution is -2.23. The molecule has 4 heteroatoms. The van der Waals surface area contributed by atoms with Crippen LogP contribution in [0.15, 0.2) is 42.9 Å². The zero-order valence-electron chi connectivity index (χ0n) is 10.5. The van der Waals surface area contributed by atoms with E-state index in [9.17, 15) is 4.39 Å². The summed E-state index contributed by atoms with van der Waals surface area (Å²) in [4.78, 5) is 8.30. The number of benzene rings is 1. The molecule has 2 atom stereocenters. The highest BCUT2D eigenvalue weighted by Crippen LogP contribution is 2.17. The molecule has 0 aliphatic heterocycles. The Kier molecular flexibility index (Phi) is 3.99. The Bertz CT molecular complexity index is 484. The SMILES string of the molecule is CC(NC(C)c1cnccn1)c1ccc(F)cc1. The Morgan fingerprint density at radius 3 is 2.39 bits per heavy atom. The highest BCUT2D eigenvalue weighted by molar-refractivity contribution is 5.19. The smallest absolute Gasteiger partial charge is 0.123 e. The maximum Gasteiger partial charge on any atom is 0.123 e. The van der Waals surface area contributed by atoms with Crippen LogP contribution in [-0.4, -0.2) is 9.97 Å². The predicted molar refractivity (Wildman–Crippen MR) is 68.4 cm³/mol. The van der Waals surface area contributed by atoms with Gasteiger partial charge in [-0.1, -0.05) is 12.1 Å². The van der Waals surface area contributed by atoms with Gasteiger partial charge in [0.15, 0.2) is 0 Å². The van der Waals surface area contributed by atoms with E-state index < -0.39 is 0 Å². The lowest BCUT2D eigenvalue weighted by Gasteiger charge is -2.19. The van der Waals surface area contributed by atoms with E-state index in [1.54, 1.807) is 30.7 Å². The fourth-order valence-corrected chi connectivity index (χ4v) is 1.84. The largest absolute Gasteiger partial charge is 0.302 e. The first-order valence-electron chi connectivity index (χ1n) is 5.94. The summed E-state index contributed by atoms with van der Waals surface area (Å²) in [6.45, 7) is 4.07. The number of nitrogens with zero attached hydrogens (tertiary/aromatic N) is 2. The molecule has 0 radical (unpaired) electrons. The van der Waals surface area contributed by atoms with Gasteiger partial charge in [-0.25, -0.2) is 4.39 Å². The zero-order chi connectivity index (χ0) is 13.0. The lowest BCUT2D eigenvalue weighted by atomic mass is 10.1. The summed E-state index contributed by atoms with van der Waals surface area (Å²) in [5, 5.41) is 3.41. The first-order valence-corrected chi connectivity index (χ1v) is 5.94. The van der Waals surface area contributed by atoms with Gasteiger partial charge in [-0.05, 0) is 31.5 Å². The van der Waals surface area contributed by atoms with Crippen molar-refractivity contribution in [3.05, 3.63) is 59.9 Å². The van der Waals surface area contributed by atoms with Crippen LogP contribution < -0.4 is 5.32 Å². The molecule has 1 aromatic carbocycles. The van der Waals surface area contributed by atoms with Crippen molar-refractivity contribution in [2.45, 2.75) is 25.9 Å². The van der Waals surface area contributed by atoms with Gasteiger partial charge in [0.25, 0.3) is 0 Å². The fraction of sp³-hybridized carbons (Fsp3) is 0.286. The molecule has 94 valence electrons. The van der Waals surface area contributed by atoms with Gasteiger partial charge >= 0.3 is 0 Å². The van der Waals surface area contributed by atoms with E-state index in [1.165, 1.54) is 12.1 Å². The number of rotatable bonds is 4. The summed E-state index contributed by atoms with van der Waals surface area (Å²) >= 11 is 0. The van der Waals surface area contributed by atoms with Crippen LogP contribution in [0, 0.1) is 5.82 Å². The molecular formula is C14H16FN3. The summed E-state index contributed by atoms with van der Waals surface area (Å²) in [6, 6.07) is 6.75. The second-order valence-corrected chi connectivity index (χ2v) is 4.29. The molecule has 0 aliphatic carbocycles. The topological polar surface area (TPSA) is 37.8 Å². The summed E-state index contributed by atoms with van der Waals surface area (Å²) < 4.78 is 12.8. The molecule has 2 aromatic rings. The van der Waals surface area contributed by atoms with Crippen molar-refractivity contribution in [3.63, 3.8) is 0 Å². The molecule has 1 aromatic heterocycles. The second-order valence-electron chi connectivity index (χ2n) is 4.29. The van der Waals surface area contributed by atoms with Crippen LogP contribution in [0.3, 0.4) is 0 Å². The Morgan fingerprint density at radius 2 is 1.78 bits per heavy atom. The minimum absolute atomic E-state index is 0.0961. The lowest BCUT2D eigenvalue weighted by molar-refractivity contribution is 0.484. The Balaban J connectivity index is 2.03. The maximum atomic E-state index is 12.8. The molecular weight excluding hydrogens is 229 g/mol. The highest BCUT2D eigenvalue weighted by atomic mass is 19.1. The van der Waals surface area contributed by atoms with Crippen molar-refractivity contribution in [2.75, 3.05) is 0 Å². The normalized spacial score (nSPS) is 14.2. The van der Waals surface area contributed by atoms with E-state index in [2.05, 4.69) is 15.3 Å². The summed E-state index contributed by atoms with van der Waals surface area (Å²) in [7, 11) is 0. The average Bonchev–Trinajstić information content (AvgIpc) is 2.40. The van der Waals surface area contributed by atoms with Crippen molar-refractivity contribution in [1.82, 2.24) is 15.3 Å². The summed E-state index contributed by atoms with van der Waals surface area (Å²) in [6.07, 6.45) is 5.07. The van der Waals surface area contributed by atoms with Gasteiger partial charge in [-0.15, -0.1) is 0 Å². The minimum Gasteiger partial charge on any atom is -0.302 e. The first-order chi connectivity index (χ1) is 8.66. The van der Waals surface area contributed by atoms with E-state index in [4.69, 9.17) is 0 Å². The van der Waals surface area contributed by atoms with Crippen molar-refractivity contribution in [1.29, 1.82) is 0 Å². The third-order valence-electron chi connectivity index (χ3n) is 2.90. The molecule has 18 heavy (non-hydrogen) atoms. The van der Waals surface area contributed by atoms with E-state index in [0.29, 0.717) is 0 Å². The number of hydrogen-bond donors (Lipinski definition) is 1. The Labute approximate surface area is 106 Å². The van der Waals surface area contributed by atoms with Gasteiger partial charge in [-0.2, -0.15) is 0 Å². The maximum absolute atomic E-state index is 12.8. The van der Waals surface area contributed by atoms with Crippen LogP contribution >= 0.6 is 0 Å². The number of hydrogen-bond acceptors (Lipinski definition) is 3. The Morgan fingerprint density at radius 1 is 1.06 bits per heavy atom. The van der Waals surface area contributed by atoms with Crippen molar-refractivity contribution < 1.29 is 4.39 Å². The molecule has 1 heterocycles. The molecule has 2 unspecified atom stereocenters. The molecule has 0 fully saturated rings. The molecule has 1 N–H and O–H groups in total. The molecule has 0 saturated carbocycles. The van der Waals surface area contributed by atoms with E-state index in [1.807, 2.05) is 13.8 Å². The quantitative estimate of drug-likeness (QED) is 0.899. The highest BCUT2D eigenvalue weighted by Gasteiger charge is 2.12. The van der Waals surface area contributed by atoms with Crippen molar-refractivity contribution in [2.24, 2.45) is 0 Å². The van der Waals surface area contributed by atoms with Crippen LogP contribution in [0.25, 0.3) is 0 Å². The minimum atomic E-state index is -0.215. The van der Waals surface area contributed by atoms with Crippen LogP contribution in [0.2, 0.25) is 0 Å². The van der Waals surface area contributed by atoms with Crippen LogP contribution in [-0.2, 0) is 0 Å². The monoisotopic (exact) mass is 245 g/mol. The number of aromatic nitrogens is 2. The van der Waals surface area contributed by atoms with Crippen LogP contribution in [0.1, 0.15) is 37.2 Å². The van der Waals surface area contributed by atoms with E-state index >= 15 is 0 Å². The van der Waals surface area contributed by atoms with Crippen molar-refractivity contribution >= 4 is 0 Å². The first kappa shape index (κ1) is 12.6. The number of nitrogens with one attached hydrogen (secondary N) is 1. The standard InChI is InChI=1S/C14H16FN3/c1-10(12-3-5-13(15)6-4-12)18-11(2)14-9-16-7-8-17-14/h3-11,18H,1-2H3. The summed E-state index contributed by atoms with van der Waals surface area (Å²) in [5.41, 5.74) is 1.94. The van der Waals surface area contributed by atoms with Gasteiger partial charge in [-0.3, -0.25) is 9.97 Å². The molecule has 0 amide bonds. The van der Waals surface area contributed by atoms with Gasteiger partial charge in [0.2, 0.25) is 0 Å². The Hall–Kier alpha value is -1.81. The van der Waals surface area contributed by atoms with Crippen molar-refractivity contribution in [3.8, 4) is 0 Å². The molecule has 0 saturated heterocycles. The number of halogens is 1. The van der Waals surface area contributed by atoms with Gasteiger partial charge < -0.3 is 5.32 Å². The molecule has 2 rings (SSSR count).